The van der Waals surface area contributed by atoms with E-state index >= 15 is 0 Å². The minimum atomic E-state index is -0.356. The van der Waals surface area contributed by atoms with Gasteiger partial charge in [0.1, 0.15) is 24.8 Å². The predicted octanol–water partition coefficient (Wildman–Crippen LogP) is 3.48. The van der Waals surface area contributed by atoms with Crippen LogP contribution >= 0.6 is 11.6 Å². The molecule has 0 spiro atoms. The van der Waals surface area contributed by atoms with Crippen LogP contribution in [-0.2, 0) is 0 Å². The Morgan fingerprint density at radius 3 is 2.56 bits per heavy atom. The number of ether oxygens (including phenoxy) is 2. The first-order chi connectivity index (χ1) is 12.1. The van der Waals surface area contributed by atoms with E-state index in [1.165, 1.54) is 41.1 Å². The molecule has 0 fully saturated rings. The number of halogens is 2. The first kappa shape index (κ1) is 17.0. The van der Waals surface area contributed by atoms with E-state index in [2.05, 4.69) is 4.98 Å². The summed E-state index contributed by atoms with van der Waals surface area (Å²) in [6.45, 7) is 0.498. The Morgan fingerprint density at radius 1 is 1.08 bits per heavy atom. The fourth-order valence-electron chi connectivity index (χ4n) is 2.15. The average molecular weight is 361 g/mol. The summed E-state index contributed by atoms with van der Waals surface area (Å²) in [5.41, 5.74) is 0.299. The molecule has 7 heteroatoms. The molecule has 0 aliphatic heterocycles. The largest absolute Gasteiger partial charge is 0.490 e. The van der Waals surface area contributed by atoms with Crippen LogP contribution in [0, 0.1) is 5.82 Å². The van der Waals surface area contributed by atoms with Crippen molar-refractivity contribution in [3.8, 4) is 17.2 Å². The van der Waals surface area contributed by atoms with Gasteiger partial charge in [-0.15, -0.1) is 0 Å². The molecule has 0 amide bonds. The summed E-state index contributed by atoms with van der Waals surface area (Å²) >= 11 is 5.95. The van der Waals surface area contributed by atoms with Gasteiger partial charge in [0.2, 0.25) is 0 Å². The zero-order chi connectivity index (χ0) is 17.6. The maximum absolute atomic E-state index is 13.0. The van der Waals surface area contributed by atoms with Crippen LogP contribution in [0.4, 0.5) is 4.39 Å². The number of pyridine rings is 2. The molecule has 0 saturated heterocycles. The molecular formula is C18H14ClFN2O3. The van der Waals surface area contributed by atoms with Crippen LogP contribution in [-0.4, -0.2) is 22.8 Å². The summed E-state index contributed by atoms with van der Waals surface area (Å²) in [6, 6.07) is 10.3. The summed E-state index contributed by atoms with van der Waals surface area (Å²) in [7, 11) is 0. The van der Waals surface area contributed by atoms with Gasteiger partial charge in [-0.3, -0.25) is 14.3 Å². The van der Waals surface area contributed by atoms with Crippen molar-refractivity contribution in [2.24, 2.45) is 0 Å². The van der Waals surface area contributed by atoms with Crippen LogP contribution in [0.25, 0.3) is 5.69 Å². The SMILES string of the molecule is O=c1cc(OCCOc2cnccc2Cl)ccn1-c1ccc(F)cc1. The molecule has 0 aliphatic carbocycles. The fraction of sp³-hybridized carbons (Fsp3) is 0.111. The molecule has 0 aliphatic rings. The number of hydrogen-bond acceptors (Lipinski definition) is 4. The average Bonchev–Trinajstić information content (AvgIpc) is 2.61. The predicted molar refractivity (Wildman–Crippen MR) is 92.2 cm³/mol. The monoisotopic (exact) mass is 360 g/mol. The lowest BCUT2D eigenvalue weighted by molar-refractivity contribution is 0.216. The van der Waals surface area contributed by atoms with Crippen LogP contribution in [0.15, 0.2) is 65.8 Å². The van der Waals surface area contributed by atoms with E-state index in [0.29, 0.717) is 22.2 Å². The van der Waals surface area contributed by atoms with Crippen LogP contribution < -0.4 is 15.0 Å². The van der Waals surface area contributed by atoms with Gasteiger partial charge < -0.3 is 9.47 Å². The number of aromatic nitrogens is 2. The summed E-state index contributed by atoms with van der Waals surface area (Å²) in [6.07, 6.45) is 4.66. The molecule has 0 unspecified atom stereocenters. The van der Waals surface area contributed by atoms with E-state index in [1.54, 1.807) is 24.5 Å². The Balaban J connectivity index is 1.59. The van der Waals surface area contributed by atoms with Gasteiger partial charge in [0.05, 0.1) is 11.2 Å². The number of hydrogen-bond donors (Lipinski definition) is 0. The summed E-state index contributed by atoms with van der Waals surface area (Å²) in [4.78, 5) is 16.1. The van der Waals surface area contributed by atoms with Crippen molar-refractivity contribution in [2.75, 3.05) is 13.2 Å². The first-order valence-electron chi connectivity index (χ1n) is 7.47. The van der Waals surface area contributed by atoms with E-state index < -0.39 is 0 Å². The highest BCUT2D eigenvalue weighted by molar-refractivity contribution is 6.31. The number of benzene rings is 1. The Hall–Kier alpha value is -2.86. The van der Waals surface area contributed by atoms with Crippen molar-refractivity contribution in [3.63, 3.8) is 0 Å². The molecule has 0 saturated carbocycles. The highest BCUT2D eigenvalue weighted by atomic mass is 35.5. The molecule has 0 atom stereocenters. The lowest BCUT2D eigenvalue weighted by Gasteiger charge is -2.10. The van der Waals surface area contributed by atoms with Gasteiger partial charge in [0.25, 0.3) is 5.56 Å². The molecule has 1 aromatic carbocycles. The second-order valence-electron chi connectivity index (χ2n) is 5.05. The quantitative estimate of drug-likeness (QED) is 0.631. The zero-order valence-corrected chi connectivity index (χ0v) is 13.8. The maximum Gasteiger partial charge on any atom is 0.258 e. The molecule has 3 aromatic rings. The van der Waals surface area contributed by atoms with E-state index in [0.717, 1.165) is 0 Å². The van der Waals surface area contributed by atoms with E-state index in [9.17, 15) is 9.18 Å². The van der Waals surface area contributed by atoms with Crippen molar-refractivity contribution >= 4 is 11.6 Å². The van der Waals surface area contributed by atoms with Crippen LogP contribution in [0.1, 0.15) is 0 Å². The summed E-state index contributed by atoms with van der Waals surface area (Å²) < 4.78 is 25.3. The van der Waals surface area contributed by atoms with Crippen LogP contribution in [0.5, 0.6) is 11.5 Å². The Kier molecular flexibility index (Phi) is 5.30. The molecule has 2 heterocycles. The second kappa shape index (κ2) is 7.81. The molecule has 128 valence electrons. The highest BCUT2D eigenvalue weighted by Crippen LogP contribution is 2.21. The lowest BCUT2D eigenvalue weighted by Crippen LogP contribution is -2.17. The fourth-order valence-corrected chi connectivity index (χ4v) is 2.31. The Bertz CT molecular complexity index is 913. The Labute approximate surface area is 148 Å². The summed E-state index contributed by atoms with van der Waals surface area (Å²) in [5, 5.41) is 0.469. The molecule has 2 aromatic heterocycles. The van der Waals surface area contributed by atoms with Crippen molar-refractivity contribution in [3.05, 3.63) is 82.2 Å². The van der Waals surface area contributed by atoms with Crippen LogP contribution in [0.2, 0.25) is 5.02 Å². The van der Waals surface area contributed by atoms with Gasteiger partial charge in [-0.05, 0) is 36.4 Å². The van der Waals surface area contributed by atoms with Crippen molar-refractivity contribution in [2.45, 2.75) is 0 Å². The first-order valence-corrected chi connectivity index (χ1v) is 7.85. The Morgan fingerprint density at radius 2 is 1.84 bits per heavy atom. The van der Waals surface area contributed by atoms with E-state index in [1.807, 2.05) is 0 Å². The maximum atomic E-state index is 13.0. The van der Waals surface area contributed by atoms with Crippen molar-refractivity contribution in [1.82, 2.24) is 9.55 Å². The number of nitrogens with zero attached hydrogens (tertiary/aromatic N) is 2. The minimum absolute atomic E-state index is 0.241. The van der Waals surface area contributed by atoms with Gasteiger partial charge in [-0.2, -0.15) is 0 Å². The van der Waals surface area contributed by atoms with E-state index in [4.69, 9.17) is 21.1 Å². The molecule has 0 N–H and O–H groups in total. The molecule has 0 bridgehead atoms. The molecule has 25 heavy (non-hydrogen) atoms. The topological polar surface area (TPSA) is 53.4 Å². The van der Waals surface area contributed by atoms with Gasteiger partial charge >= 0.3 is 0 Å². The lowest BCUT2D eigenvalue weighted by atomic mass is 10.3. The van der Waals surface area contributed by atoms with Crippen LogP contribution in [0.3, 0.4) is 0 Å². The standard InChI is InChI=1S/C18H14ClFN2O3/c19-16-5-7-21-12-17(16)25-10-9-24-15-6-8-22(18(23)11-15)14-3-1-13(20)2-4-14/h1-8,11-12H,9-10H2. The molecule has 0 radical (unpaired) electrons. The number of rotatable bonds is 6. The van der Waals surface area contributed by atoms with Gasteiger partial charge in [0, 0.05) is 24.1 Å². The van der Waals surface area contributed by atoms with Gasteiger partial charge in [-0.1, -0.05) is 11.6 Å². The molecule has 5 nitrogen and oxygen atoms in total. The van der Waals surface area contributed by atoms with Crippen molar-refractivity contribution in [1.29, 1.82) is 0 Å². The minimum Gasteiger partial charge on any atom is -0.490 e. The zero-order valence-electron chi connectivity index (χ0n) is 13.1. The summed E-state index contributed by atoms with van der Waals surface area (Å²) in [5.74, 6) is 0.536. The van der Waals surface area contributed by atoms with Gasteiger partial charge in [-0.25, -0.2) is 4.39 Å². The molecular weight excluding hydrogens is 347 g/mol. The third-order valence-corrected chi connectivity index (χ3v) is 3.65. The molecule has 3 rings (SSSR count). The second-order valence-corrected chi connectivity index (χ2v) is 5.46. The third-order valence-electron chi connectivity index (χ3n) is 3.34. The third kappa shape index (κ3) is 4.36. The van der Waals surface area contributed by atoms with Crippen molar-refractivity contribution < 1.29 is 13.9 Å². The highest BCUT2D eigenvalue weighted by Gasteiger charge is 2.04. The van der Waals surface area contributed by atoms with E-state index in [-0.39, 0.29) is 24.6 Å². The smallest absolute Gasteiger partial charge is 0.258 e. The normalized spacial score (nSPS) is 10.5. The van der Waals surface area contributed by atoms with Gasteiger partial charge in [0.15, 0.2) is 5.75 Å².